The van der Waals surface area contributed by atoms with Gasteiger partial charge in [0.1, 0.15) is 18.6 Å². The molecule has 2 amide bonds. The van der Waals surface area contributed by atoms with Crippen molar-refractivity contribution >= 4 is 35.3 Å². The van der Waals surface area contributed by atoms with E-state index in [2.05, 4.69) is 16.6 Å². The SMILES string of the molecule is C#CCOC(=O)/C(=C\Oc1ccccc1Cl)NC(=O)OCc1ccc(NC(=O)Cc2ccc(C)cc2)cc1. The van der Waals surface area contributed by atoms with Gasteiger partial charge in [0.25, 0.3) is 0 Å². The normalized spacial score (nSPS) is 10.6. The highest BCUT2D eigenvalue weighted by molar-refractivity contribution is 6.32. The van der Waals surface area contributed by atoms with Crippen LogP contribution in [0.3, 0.4) is 0 Å². The average molecular weight is 533 g/mol. The van der Waals surface area contributed by atoms with E-state index in [0.29, 0.717) is 16.3 Å². The van der Waals surface area contributed by atoms with Crippen LogP contribution in [0.1, 0.15) is 16.7 Å². The van der Waals surface area contributed by atoms with Gasteiger partial charge in [0.2, 0.25) is 5.91 Å². The van der Waals surface area contributed by atoms with Crippen molar-refractivity contribution in [3.05, 3.63) is 106 Å². The summed E-state index contributed by atoms with van der Waals surface area (Å²) in [6, 6.07) is 21.1. The smallest absolute Gasteiger partial charge is 0.412 e. The number of alkyl carbamates (subject to hydrolysis) is 1. The highest BCUT2D eigenvalue weighted by Crippen LogP contribution is 2.23. The molecule has 0 fully saturated rings. The van der Waals surface area contributed by atoms with Crippen molar-refractivity contribution in [1.82, 2.24) is 5.32 Å². The Morgan fingerprint density at radius 2 is 1.63 bits per heavy atom. The van der Waals surface area contributed by atoms with Gasteiger partial charge in [-0.15, -0.1) is 6.42 Å². The van der Waals surface area contributed by atoms with Crippen LogP contribution in [-0.4, -0.2) is 24.6 Å². The summed E-state index contributed by atoms with van der Waals surface area (Å²) in [6.45, 7) is 1.59. The first-order chi connectivity index (χ1) is 18.3. The molecule has 0 saturated carbocycles. The van der Waals surface area contributed by atoms with Gasteiger partial charge in [0.05, 0.1) is 11.4 Å². The molecule has 0 bridgehead atoms. The molecule has 2 N–H and O–H groups in total. The molecular weight excluding hydrogens is 508 g/mol. The van der Waals surface area contributed by atoms with Gasteiger partial charge in [-0.2, -0.15) is 0 Å². The fourth-order valence-corrected chi connectivity index (χ4v) is 3.23. The van der Waals surface area contributed by atoms with Crippen molar-refractivity contribution in [1.29, 1.82) is 0 Å². The summed E-state index contributed by atoms with van der Waals surface area (Å²) < 4.78 is 15.5. The van der Waals surface area contributed by atoms with Crippen LogP contribution in [-0.2, 0) is 32.1 Å². The van der Waals surface area contributed by atoms with Gasteiger partial charge in [-0.25, -0.2) is 9.59 Å². The molecule has 0 aliphatic heterocycles. The first-order valence-electron chi connectivity index (χ1n) is 11.4. The number of carbonyl (C=O) groups is 3. The lowest BCUT2D eigenvalue weighted by atomic mass is 10.1. The predicted octanol–water partition coefficient (Wildman–Crippen LogP) is 5.15. The molecule has 38 heavy (non-hydrogen) atoms. The lowest BCUT2D eigenvalue weighted by Gasteiger charge is -2.11. The number of amides is 2. The largest absolute Gasteiger partial charge is 0.461 e. The number of carbonyl (C=O) groups excluding carboxylic acids is 3. The number of benzene rings is 3. The molecule has 0 heterocycles. The van der Waals surface area contributed by atoms with E-state index in [1.807, 2.05) is 31.2 Å². The summed E-state index contributed by atoms with van der Waals surface area (Å²) in [5, 5.41) is 5.41. The van der Waals surface area contributed by atoms with E-state index in [1.54, 1.807) is 48.5 Å². The molecule has 0 aliphatic rings. The average Bonchev–Trinajstić information content (AvgIpc) is 2.91. The molecule has 0 atom stereocenters. The van der Waals surface area contributed by atoms with Crippen molar-refractivity contribution in [3.63, 3.8) is 0 Å². The number of esters is 1. The number of terminal acetylenes is 1. The summed E-state index contributed by atoms with van der Waals surface area (Å²) >= 11 is 6.04. The Morgan fingerprint density at radius 1 is 0.947 bits per heavy atom. The van der Waals surface area contributed by atoms with Crippen molar-refractivity contribution in [3.8, 4) is 18.1 Å². The van der Waals surface area contributed by atoms with Crippen molar-refractivity contribution in [2.75, 3.05) is 11.9 Å². The lowest BCUT2D eigenvalue weighted by molar-refractivity contribution is -0.138. The zero-order chi connectivity index (χ0) is 27.3. The fraction of sp³-hybridized carbons (Fsp3) is 0.138. The summed E-state index contributed by atoms with van der Waals surface area (Å²) in [5.41, 5.74) is 2.97. The van der Waals surface area contributed by atoms with E-state index in [4.69, 9.17) is 32.2 Å². The second kappa shape index (κ2) is 14.1. The van der Waals surface area contributed by atoms with Crippen molar-refractivity contribution in [2.45, 2.75) is 20.0 Å². The third kappa shape index (κ3) is 9.04. The zero-order valence-corrected chi connectivity index (χ0v) is 21.3. The number of hydrogen-bond donors (Lipinski definition) is 2. The van der Waals surface area contributed by atoms with Crippen LogP contribution in [0.2, 0.25) is 5.02 Å². The van der Waals surface area contributed by atoms with E-state index in [1.165, 1.54) is 0 Å². The molecule has 0 aromatic heterocycles. The van der Waals surface area contributed by atoms with Crippen LogP contribution in [0.5, 0.6) is 5.75 Å². The van der Waals surface area contributed by atoms with E-state index in [-0.39, 0.29) is 37.0 Å². The minimum atomic E-state index is -0.924. The first-order valence-corrected chi connectivity index (χ1v) is 11.8. The number of para-hydroxylation sites is 1. The lowest BCUT2D eigenvalue weighted by Crippen LogP contribution is -2.29. The molecule has 8 nitrogen and oxygen atoms in total. The molecule has 3 aromatic rings. The third-order valence-electron chi connectivity index (χ3n) is 4.98. The number of halogens is 1. The fourth-order valence-electron chi connectivity index (χ4n) is 3.05. The third-order valence-corrected chi connectivity index (χ3v) is 5.29. The van der Waals surface area contributed by atoms with Crippen LogP contribution < -0.4 is 15.4 Å². The van der Waals surface area contributed by atoms with Gasteiger partial charge in [-0.3, -0.25) is 10.1 Å². The molecule has 0 unspecified atom stereocenters. The van der Waals surface area contributed by atoms with Crippen molar-refractivity contribution < 1.29 is 28.6 Å². The minimum absolute atomic E-state index is 0.0958. The van der Waals surface area contributed by atoms with Crippen molar-refractivity contribution in [2.24, 2.45) is 0 Å². The first kappa shape index (κ1) is 27.8. The van der Waals surface area contributed by atoms with Gasteiger partial charge in [-0.05, 0) is 42.3 Å². The Balaban J connectivity index is 1.53. The monoisotopic (exact) mass is 532 g/mol. The number of rotatable bonds is 10. The Kier molecular flexibility index (Phi) is 10.3. The summed E-state index contributed by atoms with van der Waals surface area (Å²) in [7, 11) is 0. The van der Waals surface area contributed by atoms with E-state index < -0.39 is 12.1 Å². The van der Waals surface area contributed by atoms with Gasteiger partial charge >= 0.3 is 12.1 Å². The maximum Gasteiger partial charge on any atom is 0.412 e. The Labute approximate surface area is 225 Å². The Morgan fingerprint density at radius 3 is 2.32 bits per heavy atom. The summed E-state index contributed by atoms with van der Waals surface area (Å²) in [6.07, 6.45) is 5.43. The minimum Gasteiger partial charge on any atom is -0.461 e. The molecule has 9 heteroatoms. The number of aryl methyl sites for hydroxylation is 1. The molecule has 0 aliphatic carbocycles. The molecule has 0 radical (unpaired) electrons. The van der Waals surface area contributed by atoms with E-state index in [9.17, 15) is 14.4 Å². The molecule has 3 aromatic carbocycles. The number of anilines is 1. The molecule has 3 rings (SSSR count). The van der Waals surface area contributed by atoms with Crippen LogP contribution in [0.4, 0.5) is 10.5 Å². The van der Waals surface area contributed by atoms with E-state index in [0.717, 1.165) is 17.4 Å². The van der Waals surface area contributed by atoms with Gasteiger partial charge in [0, 0.05) is 5.69 Å². The highest BCUT2D eigenvalue weighted by atomic mass is 35.5. The van der Waals surface area contributed by atoms with E-state index >= 15 is 0 Å². The van der Waals surface area contributed by atoms with Gasteiger partial charge in [0.15, 0.2) is 12.3 Å². The van der Waals surface area contributed by atoms with Gasteiger partial charge < -0.3 is 19.5 Å². The van der Waals surface area contributed by atoms with Crippen LogP contribution in [0.15, 0.2) is 84.8 Å². The number of ether oxygens (including phenoxy) is 3. The zero-order valence-electron chi connectivity index (χ0n) is 20.5. The molecular formula is C29H25ClN2O6. The van der Waals surface area contributed by atoms with Crippen LogP contribution in [0, 0.1) is 19.3 Å². The molecule has 0 spiro atoms. The predicted molar refractivity (Wildman–Crippen MR) is 143 cm³/mol. The topological polar surface area (TPSA) is 103 Å². The van der Waals surface area contributed by atoms with Crippen LogP contribution in [0.25, 0.3) is 0 Å². The molecule has 0 saturated heterocycles. The highest BCUT2D eigenvalue weighted by Gasteiger charge is 2.17. The maximum atomic E-state index is 12.3. The standard InChI is InChI=1S/C29H25ClN2O6/c1-3-16-36-28(34)25(19-37-26-7-5-4-6-24(26)30)32-29(35)38-18-22-12-14-23(15-13-22)31-27(33)17-21-10-8-20(2)9-11-21/h1,4-15,19H,16-18H2,2H3,(H,31,33)(H,32,35)/b25-19+. The Hall–Kier alpha value is -4.74. The second-order valence-electron chi connectivity index (χ2n) is 7.97. The van der Waals surface area contributed by atoms with Gasteiger partial charge in [-0.1, -0.05) is 71.6 Å². The number of hydrogen-bond acceptors (Lipinski definition) is 6. The Bertz CT molecular complexity index is 1340. The molecule has 194 valence electrons. The van der Waals surface area contributed by atoms with Crippen LogP contribution >= 0.6 is 11.6 Å². The summed E-state index contributed by atoms with van der Waals surface area (Å²) in [5.74, 6) is 1.36. The summed E-state index contributed by atoms with van der Waals surface area (Å²) in [4.78, 5) is 36.9. The number of nitrogens with one attached hydrogen (secondary N) is 2. The maximum absolute atomic E-state index is 12.3. The second-order valence-corrected chi connectivity index (χ2v) is 8.38. The quantitative estimate of drug-likeness (QED) is 0.162.